The zero-order chi connectivity index (χ0) is 18.6. The Labute approximate surface area is 156 Å². The zero-order valence-electron chi connectivity index (χ0n) is 13.9. The van der Waals surface area contributed by atoms with E-state index in [1.54, 1.807) is 34.4 Å². The van der Waals surface area contributed by atoms with Gasteiger partial charge >= 0.3 is 0 Å². The summed E-state index contributed by atoms with van der Waals surface area (Å²) in [5.41, 5.74) is 1.10. The molecule has 26 heavy (non-hydrogen) atoms. The molecule has 0 unspecified atom stereocenters. The first-order chi connectivity index (χ1) is 12.5. The van der Waals surface area contributed by atoms with Crippen LogP contribution in [0.15, 0.2) is 52.1 Å². The molecule has 1 aromatic heterocycles. The molecular weight excluding hydrogens is 370 g/mol. The molecule has 0 N–H and O–H groups in total. The number of hydrogen-bond acceptors (Lipinski definition) is 5. The van der Waals surface area contributed by atoms with Crippen LogP contribution in [0.2, 0.25) is 0 Å². The highest BCUT2D eigenvalue weighted by atomic mass is 32.2. The van der Waals surface area contributed by atoms with E-state index < -0.39 is 10.0 Å². The van der Waals surface area contributed by atoms with Crippen LogP contribution in [0.1, 0.15) is 11.1 Å². The van der Waals surface area contributed by atoms with Gasteiger partial charge in [-0.1, -0.05) is 12.1 Å². The number of carbonyl (C=O) groups is 1. The fraction of sp³-hybridized carbons (Fsp3) is 0.222. The Morgan fingerprint density at radius 2 is 1.88 bits per heavy atom. The Hall–Kier alpha value is -2.47. The van der Waals surface area contributed by atoms with Crippen molar-refractivity contribution in [2.24, 2.45) is 0 Å². The lowest BCUT2D eigenvalue weighted by molar-refractivity contribution is -0.127. The standard InChI is InChI=1S/C18H17N3O3S2/c19-13-16-3-1-2-4-17(16)26(23,24)21-10-8-20(9-11-21)18(22)6-5-15-7-12-25-14-15/h1-7,12,14H,8-11H2. The molecule has 1 saturated heterocycles. The van der Waals surface area contributed by atoms with E-state index in [1.165, 1.54) is 22.5 Å². The van der Waals surface area contributed by atoms with Crippen molar-refractivity contribution in [1.82, 2.24) is 9.21 Å². The summed E-state index contributed by atoms with van der Waals surface area (Å²) >= 11 is 1.56. The van der Waals surface area contributed by atoms with Crippen LogP contribution in [0.4, 0.5) is 0 Å². The van der Waals surface area contributed by atoms with Gasteiger partial charge in [0.15, 0.2) is 0 Å². The Morgan fingerprint density at radius 1 is 1.15 bits per heavy atom. The van der Waals surface area contributed by atoms with Crippen LogP contribution in [0.3, 0.4) is 0 Å². The number of thiophene rings is 1. The highest BCUT2D eigenvalue weighted by molar-refractivity contribution is 7.89. The summed E-state index contributed by atoms with van der Waals surface area (Å²) in [5.74, 6) is -0.134. The third-order valence-electron chi connectivity index (χ3n) is 4.14. The van der Waals surface area contributed by atoms with Crippen LogP contribution >= 0.6 is 11.3 Å². The van der Waals surface area contributed by atoms with Crippen molar-refractivity contribution >= 4 is 33.3 Å². The number of amides is 1. The molecule has 0 aliphatic carbocycles. The SMILES string of the molecule is N#Cc1ccccc1S(=O)(=O)N1CCN(C(=O)C=Cc2ccsc2)CC1. The molecule has 0 atom stereocenters. The quantitative estimate of drug-likeness (QED) is 0.753. The van der Waals surface area contributed by atoms with Crippen molar-refractivity contribution in [3.63, 3.8) is 0 Å². The van der Waals surface area contributed by atoms with Gasteiger partial charge in [0.25, 0.3) is 0 Å². The Bertz CT molecular complexity index is 952. The lowest BCUT2D eigenvalue weighted by Crippen LogP contribution is -2.50. The van der Waals surface area contributed by atoms with Gasteiger partial charge in [-0.15, -0.1) is 0 Å². The van der Waals surface area contributed by atoms with Gasteiger partial charge in [0, 0.05) is 32.3 Å². The van der Waals surface area contributed by atoms with Crippen molar-refractivity contribution in [3.8, 4) is 6.07 Å². The van der Waals surface area contributed by atoms with Crippen LogP contribution < -0.4 is 0 Å². The Kier molecular flexibility index (Phi) is 5.52. The molecule has 134 valence electrons. The summed E-state index contributed by atoms with van der Waals surface area (Å²) in [6.07, 6.45) is 3.27. The summed E-state index contributed by atoms with van der Waals surface area (Å²) in [5, 5.41) is 13.0. The topological polar surface area (TPSA) is 81.5 Å². The van der Waals surface area contributed by atoms with E-state index in [1.807, 2.05) is 22.9 Å². The first kappa shape index (κ1) is 18.3. The van der Waals surface area contributed by atoms with Crippen LogP contribution in [0, 0.1) is 11.3 Å². The van der Waals surface area contributed by atoms with Gasteiger partial charge in [-0.25, -0.2) is 8.42 Å². The molecule has 2 heterocycles. The lowest BCUT2D eigenvalue weighted by atomic mass is 10.2. The summed E-state index contributed by atoms with van der Waals surface area (Å²) in [4.78, 5) is 13.9. The van der Waals surface area contributed by atoms with Gasteiger partial charge in [0.05, 0.1) is 10.5 Å². The minimum absolute atomic E-state index is 0.0135. The predicted octanol–water partition coefficient (Wildman–Crippen LogP) is 2.17. The summed E-state index contributed by atoms with van der Waals surface area (Å²) in [6.45, 7) is 1.06. The molecule has 0 spiro atoms. The second-order valence-electron chi connectivity index (χ2n) is 5.73. The smallest absolute Gasteiger partial charge is 0.246 e. The number of rotatable bonds is 4. The first-order valence-electron chi connectivity index (χ1n) is 8.01. The second-order valence-corrected chi connectivity index (χ2v) is 8.41. The molecule has 3 rings (SSSR count). The van der Waals surface area contributed by atoms with Crippen LogP contribution in [0.25, 0.3) is 6.08 Å². The summed E-state index contributed by atoms with van der Waals surface area (Å²) in [7, 11) is -3.75. The van der Waals surface area contributed by atoms with Gasteiger partial charge in [-0.2, -0.15) is 20.9 Å². The zero-order valence-corrected chi connectivity index (χ0v) is 15.5. The van der Waals surface area contributed by atoms with E-state index >= 15 is 0 Å². The van der Waals surface area contributed by atoms with E-state index in [-0.39, 0.29) is 29.5 Å². The van der Waals surface area contributed by atoms with E-state index in [0.29, 0.717) is 13.1 Å². The van der Waals surface area contributed by atoms with Crippen LogP contribution in [-0.2, 0) is 14.8 Å². The normalized spacial score (nSPS) is 15.9. The van der Waals surface area contributed by atoms with Gasteiger partial charge in [-0.3, -0.25) is 4.79 Å². The number of piperazine rings is 1. The number of benzene rings is 1. The van der Waals surface area contributed by atoms with Crippen molar-refractivity contribution < 1.29 is 13.2 Å². The molecule has 1 aromatic carbocycles. The van der Waals surface area contributed by atoms with Crippen molar-refractivity contribution in [2.45, 2.75) is 4.90 Å². The number of carbonyl (C=O) groups excluding carboxylic acids is 1. The van der Waals surface area contributed by atoms with Gasteiger partial charge in [0.2, 0.25) is 15.9 Å². The Morgan fingerprint density at radius 3 is 2.54 bits per heavy atom. The molecule has 1 amide bonds. The number of nitrogens with zero attached hydrogens (tertiary/aromatic N) is 3. The highest BCUT2D eigenvalue weighted by Gasteiger charge is 2.31. The maximum absolute atomic E-state index is 12.8. The number of hydrogen-bond donors (Lipinski definition) is 0. The fourth-order valence-electron chi connectivity index (χ4n) is 2.71. The number of sulfonamides is 1. The molecule has 0 saturated carbocycles. The predicted molar refractivity (Wildman–Crippen MR) is 99.8 cm³/mol. The molecular formula is C18H17N3O3S2. The molecule has 1 aliphatic heterocycles. The van der Waals surface area contributed by atoms with Crippen molar-refractivity contribution in [1.29, 1.82) is 5.26 Å². The van der Waals surface area contributed by atoms with E-state index in [0.717, 1.165) is 5.56 Å². The largest absolute Gasteiger partial charge is 0.337 e. The molecule has 0 bridgehead atoms. The van der Waals surface area contributed by atoms with Gasteiger partial charge in [0.1, 0.15) is 6.07 Å². The molecule has 1 aliphatic rings. The minimum atomic E-state index is -3.75. The van der Waals surface area contributed by atoms with E-state index in [4.69, 9.17) is 5.26 Å². The molecule has 6 nitrogen and oxygen atoms in total. The van der Waals surface area contributed by atoms with Crippen LogP contribution in [-0.4, -0.2) is 49.7 Å². The fourth-order valence-corrected chi connectivity index (χ4v) is 4.91. The maximum atomic E-state index is 12.8. The van der Waals surface area contributed by atoms with E-state index in [9.17, 15) is 13.2 Å². The minimum Gasteiger partial charge on any atom is -0.337 e. The van der Waals surface area contributed by atoms with E-state index in [2.05, 4.69) is 0 Å². The van der Waals surface area contributed by atoms with Crippen LogP contribution in [0.5, 0.6) is 0 Å². The average molecular weight is 387 g/mol. The maximum Gasteiger partial charge on any atom is 0.246 e. The monoisotopic (exact) mass is 387 g/mol. The molecule has 0 radical (unpaired) electrons. The summed E-state index contributed by atoms with van der Waals surface area (Å²) in [6, 6.07) is 10.0. The third-order valence-corrected chi connectivity index (χ3v) is 6.80. The highest BCUT2D eigenvalue weighted by Crippen LogP contribution is 2.21. The second kappa shape index (κ2) is 7.83. The first-order valence-corrected chi connectivity index (χ1v) is 10.4. The summed E-state index contributed by atoms with van der Waals surface area (Å²) < 4.78 is 26.9. The van der Waals surface area contributed by atoms with Crippen molar-refractivity contribution in [2.75, 3.05) is 26.2 Å². The average Bonchev–Trinajstić information content (AvgIpc) is 3.19. The lowest BCUT2D eigenvalue weighted by Gasteiger charge is -2.33. The third kappa shape index (κ3) is 3.85. The number of nitriles is 1. The molecule has 2 aromatic rings. The van der Waals surface area contributed by atoms with Gasteiger partial charge < -0.3 is 4.90 Å². The molecule has 1 fully saturated rings. The Balaban J connectivity index is 1.66. The van der Waals surface area contributed by atoms with Crippen molar-refractivity contribution in [3.05, 3.63) is 58.3 Å². The molecule has 8 heteroatoms. The van der Waals surface area contributed by atoms with Gasteiger partial charge in [-0.05, 0) is 40.6 Å².